The van der Waals surface area contributed by atoms with Crippen molar-refractivity contribution in [3.8, 4) is 24.3 Å². The molecule has 2 aliphatic rings. The van der Waals surface area contributed by atoms with Crippen molar-refractivity contribution in [2.75, 3.05) is 0 Å². The molecular weight excluding hydrogens is 459 g/mol. The van der Waals surface area contributed by atoms with E-state index in [1.807, 2.05) is 36.4 Å². The Bertz CT molecular complexity index is 1720. The van der Waals surface area contributed by atoms with Gasteiger partial charge in [0.1, 0.15) is 35.5 Å². The van der Waals surface area contributed by atoms with E-state index in [0.717, 1.165) is 11.0 Å². The third-order valence-electron chi connectivity index (χ3n) is 5.07. The molecule has 0 saturated heterocycles. The van der Waals surface area contributed by atoms with Crippen molar-refractivity contribution in [2.45, 2.75) is 0 Å². The molecule has 0 amide bonds. The monoisotopic (exact) mass is 469 g/mol. The minimum Gasteiger partial charge on any atom is -0.355 e. The van der Waals surface area contributed by atoms with Gasteiger partial charge in [-0.2, -0.15) is 21.0 Å². The van der Waals surface area contributed by atoms with E-state index in [1.165, 1.54) is 0 Å². The number of aromatic nitrogens is 4. The molecule has 5 heterocycles. The Morgan fingerprint density at radius 3 is 1.94 bits per heavy atom. The summed E-state index contributed by atoms with van der Waals surface area (Å²) < 4.78 is 0. The Labute approximate surface area is 197 Å². The average Bonchev–Trinajstić information content (AvgIpc) is 3.56. The molecule has 2 N–H and O–H groups in total. The van der Waals surface area contributed by atoms with E-state index in [9.17, 15) is 21.0 Å². The number of nitrogens with one attached hydrogen (secondary N) is 2. The van der Waals surface area contributed by atoms with Gasteiger partial charge < -0.3 is 9.97 Å². The summed E-state index contributed by atoms with van der Waals surface area (Å²) in [6.45, 7) is 0. The van der Waals surface area contributed by atoms with Crippen LogP contribution in [0.1, 0.15) is 39.5 Å². The fourth-order valence-corrected chi connectivity index (χ4v) is 3.68. The molecule has 0 atom stereocenters. The second-order valence-corrected chi connectivity index (χ2v) is 7.03. The fraction of sp³-hybridized carbons (Fsp3) is 0. The van der Waals surface area contributed by atoms with Gasteiger partial charge in [-0.15, -0.1) is 0 Å². The second kappa shape index (κ2) is 8.30. The number of hydrogen-bond donors (Lipinski definition) is 2. The standard InChI is InChI=1S/C24H10N8.Co/c25-9-13-5-18-7-16-2-1-14(29-16)6-15-3-4-17(30-15)8-22-19(10-26)20(11-27)24(32-22)21(12-28)23(13)31-18;/h1-8,29,32H;. The first-order valence-electron chi connectivity index (χ1n) is 9.42. The molecule has 33 heavy (non-hydrogen) atoms. The van der Waals surface area contributed by atoms with Gasteiger partial charge in [-0.3, -0.25) is 0 Å². The van der Waals surface area contributed by atoms with Crippen LogP contribution in [-0.4, -0.2) is 19.9 Å². The van der Waals surface area contributed by atoms with Crippen molar-refractivity contribution in [1.82, 2.24) is 19.9 Å². The normalized spacial score (nSPS) is 11.3. The number of nitriles is 4. The zero-order valence-electron chi connectivity index (χ0n) is 16.6. The van der Waals surface area contributed by atoms with Gasteiger partial charge in [0, 0.05) is 27.8 Å². The van der Waals surface area contributed by atoms with Gasteiger partial charge in [-0.25, -0.2) is 9.97 Å². The molecule has 0 spiro atoms. The Hall–Kier alpha value is -4.93. The first-order valence-corrected chi connectivity index (χ1v) is 9.42. The zero-order valence-corrected chi connectivity index (χ0v) is 17.7. The van der Waals surface area contributed by atoms with Crippen LogP contribution >= 0.6 is 0 Å². The van der Waals surface area contributed by atoms with Crippen LogP contribution in [0.4, 0.5) is 0 Å². The molecule has 0 fully saturated rings. The van der Waals surface area contributed by atoms with Gasteiger partial charge in [0.15, 0.2) is 0 Å². The molecule has 8 nitrogen and oxygen atoms in total. The molecule has 0 unspecified atom stereocenters. The van der Waals surface area contributed by atoms with Crippen molar-refractivity contribution < 1.29 is 16.8 Å². The Morgan fingerprint density at radius 2 is 1.30 bits per heavy atom. The van der Waals surface area contributed by atoms with E-state index in [2.05, 4.69) is 32.1 Å². The number of aromatic amines is 2. The summed E-state index contributed by atoms with van der Waals surface area (Å²) >= 11 is 0. The van der Waals surface area contributed by atoms with Crippen LogP contribution in [0.15, 0.2) is 30.3 Å². The summed E-state index contributed by atoms with van der Waals surface area (Å²) in [7, 11) is 0. The number of allylic oxidation sites excluding steroid dienone is 1. The quantitative estimate of drug-likeness (QED) is 0.394. The molecule has 155 valence electrons. The van der Waals surface area contributed by atoms with Gasteiger partial charge in [0.05, 0.1) is 44.8 Å². The average molecular weight is 469 g/mol. The van der Waals surface area contributed by atoms with Crippen LogP contribution in [-0.2, 0) is 16.8 Å². The molecule has 0 aliphatic carbocycles. The van der Waals surface area contributed by atoms with Crippen LogP contribution in [0.5, 0.6) is 0 Å². The number of nitrogens with zero attached hydrogens (tertiary/aromatic N) is 6. The number of H-pyrrole nitrogens is 2. The van der Waals surface area contributed by atoms with Crippen molar-refractivity contribution >= 4 is 45.9 Å². The molecular formula is C24H10CoN8. The van der Waals surface area contributed by atoms with Crippen molar-refractivity contribution in [3.63, 3.8) is 0 Å². The molecule has 3 aromatic rings. The third kappa shape index (κ3) is 3.57. The van der Waals surface area contributed by atoms with Crippen molar-refractivity contribution in [2.24, 2.45) is 0 Å². The van der Waals surface area contributed by atoms with Crippen LogP contribution in [0, 0.1) is 45.3 Å². The SMILES string of the molecule is N#CC1=Cc2cc3ccc(cc4nc(cc5[nH]c(c(C#N)c1n2)c(C#N)c5C#N)C=C4)[nH]3.[Co]. The zero-order chi connectivity index (χ0) is 22.2. The molecule has 8 bridgehead atoms. The Balaban J connectivity index is 0.00000259. The summed E-state index contributed by atoms with van der Waals surface area (Å²) in [4.78, 5) is 15.3. The molecule has 1 radical (unpaired) electrons. The largest absolute Gasteiger partial charge is 0.355 e. The van der Waals surface area contributed by atoms with Gasteiger partial charge >= 0.3 is 0 Å². The second-order valence-electron chi connectivity index (χ2n) is 7.03. The summed E-state index contributed by atoms with van der Waals surface area (Å²) in [5.74, 6) is 0. The van der Waals surface area contributed by atoms with E-state index in [1.54, 1.807) is 24.3 Å². The van der Waals surface area contributed by atoms with E-state index in [0.29, 0.717) is 22.6 Å². The van der Waals surface area contributed by atoms with Crippen molar-refractivity contribution in [3.05, 3.63) is 69.8 Å². The topological polar surface area (TPSA) is 153 Å². The predicted molar refractivity (Wildman–Crippen MR) is 118 cm³/mol. The maximum absolute atomic E-state index is 9.92. The Morgan fingerprint density at radius 1 is 0.667 bits per heavy atom. The minimum atomic E-state index is 0. The molecule has 3 aromatic heterocycles. The first-order chi connectivity index (χ1) is 15.6. The van der Waals surface area contributed by atoms with E-state index < -0.39 is 0 Å². The number of rotatable bonds is 0. The minimum absolute atomic E-state index is 0. The summed E-state index contributed by atoms with van der Waals surface area (Å²) in [5, 5.41) is 39.0. The van der Waals surface area contributed by atoms with Crippen LogP contribution in [0.25, 0.3) is 45.9 Å². The van der Waals surface area contributed by atoms with Gasteiger partial charge in [-0.1, -0.05) is 0 Å². The van der Waals surface area contributed by atoms with Crippen LogP contribution in [0.2, 0.25) is 0 Å². The molecule has 0 aromatic carbocycles. The summed E-state index contributed by atoms with van der Waals surface area (Å²) in [5.41, 5.74) is 4.34. The summed E-state index contributed by atoms with van der Waals surface area (Å²) in [6, 6.07) is 17.2. The maximum atomic E-state index is 9.92. The summed E-state index contributed by atoms with van der Waals surface area (Å²) in [6.07, 6.45) is 5.21. The molecule has 5 rings (SSSR count). The van der Waals surface area contributed by atoms with Crippen molar-refractivity contribution in [1.29, 1.82) is 21.0 Å². The molecule has 2 aliphatic heterocycles. The Kier molecular flexibility index (Phi) is 5.36. The van der Waals surface area contributed by atoms with Crippen LogP contribution < -0.4 is 0 Å². The fourth-order valence-electron chi connectivity index (χ4n) is 3.68. The third-order valence-corrected chi connectivity index (χ3v) is 5.07. The molecule has 9 heteroatoms. The van der Waals surface area contributed by atoms with Gasteiger partial charge in [0.25, 0.3) is 0 Å². The first kappa shape index (κ1) is 21.3. The van der Waals surface area contributed by atoms with Gasteiger partial charge in [-0.05, 0) is 48.6 Å². The van der Waals surface area contributed by atoms with E-state index in [4.69, 9.17) is 0 Å². The molecule has 0 saturated carbocycles. The van der Waals surface area contributed by atoms with E-state index in [-0.39, 0.29) is 50.3 Å². The van der Waals surface area contributed by atoms with E-state index >= 15 is 0 Å². The smallest absolute Gasteiger partial charge is 0.104 e. The number of hydrogen-bond acceptors (Lipinski definition) is 6. The number of fused-ring (bicyclic) bond motifs is 8. The van der Waals surface area contributed by atoms with Gasteiger partial charge in [0.2, 0.25) is 0 Å². The maximum Gasteiger partial charge on any atom is 0.104 e. The predicted octanol–water partition coefficient (Wildman–Crippen LogP) is 4.16. The van der Waals surface area contributed by atoms with Crippen LogP contribution in [0.3, 0.4) is 0 Å².